The van der Waals surface area contributed by atoms with Crippen LogP contribution < -0.4 is 10.2 Å². The highest BCUT2D eigenvalue weighted by Gasteiger charge is 2.62. The monoisotopic (exact) mass is 430 g/mol. The second kappa shape index (κ2) is 8.71. The molecular weight excluding hydrogens is 413 g/mol. The number of anilines is 2. The van der Waals surface area contributed by atoms with Gasteiger partial charge in [0, 0.05) is 29.0 Å². The van der Waals surface area contributed by atoms with Crippen molar-refractivity contribution in [3.05, 3.63) is 59.1 Å². The standard InChI is InChI=1S/C19H18ClF3N2O4/c1-3-29-16(26)18(28,19(21,22)23)12-7-9-15(10-8-12)25(2)17(27)24-14-6-4-5-13(20)11-14/h4-11,28H,3H2,1-2H3,(H,24,27)/t18-/m1/s1. The van der Waals surface area contributed by atoms with Gasteiger partial charge in [0.15, 0.2) is 0 Å². The number of urea groups is 1. The van der Waals surface area contributed by atoms with Crippen LogP contribution in [0.3, 0.4) is 0 Å². The first-order chi connectivity index (χ1) is 13.5. The summed E-state index contributed by atoms with van der Waals surface area (Å²) in [7, 11) is 1.40. The Kier molecular flexibility index (Phi) is 6.76. The van der Waals surface area contributed by atoms with E-state index in [1.54, 1.807) is 18.2 Å². The number of hydrogen-bond acceptors (Lipinski definition) is 4. The van der Waals surface area contributed by atoms with Crippen LogP contribution in [0.25, 0.3) is 0 Å². The summed E-state index contributed by atoms with van der Waals surface area (Å²) in [6, 6.07) is 9.99. The lowest BCUT2D eigenvalue weighted by atomic mass is 9.93. The van der Waals surface area contributed by atoms with Crippen LogP contribution in [0.15, 0.2) is 48.5 Å². The number of amides is 2. The number of halogens is 4. The van der Waals surface area contributed by atoms with Crippen molar-refractivity contribution in [1.82, 2.24) is 0 Å². The lowest BCUT2D eigenvalue weighted by molar-refractivity contribution is -0.267. The molecule has 0 aliphatic rings. The molecule has 0 spiro atoms. The van der Waals surface area contributed by atoms with Gasteiger partial charge in [0.05, 0.1) is 6.61 Å². The second-order valence-corrected chi connectivity index (χ2v) is 6.41. The number of nitrogens with zero attached hydrogens (tertiary/aromatic N) is 1. The summed E-state index contributed by atoms with van der Waals surface area (Å²) in [6.45, 7) is 0.993. The fourth-order valence-electron chi connectivity index (χ4n) is 2.45. The maximum atomic E-state index is 13.4. The molecule has 0 aromatic heterocycles. The minimum absolute atomic E-state index is 0.224. The van der Waals surface area contributed by atoms with Crippen LogP contribution in [0.4, 0.5) is 29.3 Å². The first kappa shape index (κ1) is 22.5. The van der Waals surface area contributed by atoms with E-state index in [2.05, 4.69) is 10.1 Å². The maximum absolute atomic E-state index is 13.4. The summed E-state index contributed by atoms with van der Waals surface area (Å²) >= 11 is 5.85. The van der Waals surface area contributed by atoms with E-state index < -0.39 is 29.3 Å². The molecule has 0 aliphatic heterocycles. The Morgan fingerprint density at radius 1 is 1.17 bits per heavy atom. The predicted octanol–water partition coefficient (Wildman–Crippen LogP) is 4.32. The van der Waals surface area contributed by atoms with Crippen LogP contribution >= 0.6 is 11.6 Å². The molecule has 29 heavy (non-hydrogen) atoms. The molecule has 0 heterocycles. The number of ether oxygens (including phenoxy) is 1. The predicted molar refractivity (Wildman–Crippen MR) is 102 cm³/mol. The highest BCUT2D eigenvalue weighted by atomic mass is 35.5. The average molecular weight is 431 g/mol. The van der Waals surface area contributed by atoms with Crippen LogP contribution in [0.5, 0.6) is 0 Å². The third-order valence-electron chi connectivity index (χ3n) is 4.03. The number of carbonyl (C=O) groups excluding carboxylic acids is 2. The normalized spacial score (nSPS) is 13.3. The smallest absolute Gasteiger partial charge is 0.432 e. The van der Waals surface area contributed by atoms with Gasteiger partial charge in [-0.1, -0.05) is 29.8 Å². The summed E-state index contributed by atoms with van der Waals surface area (Å²) in [4.78, 5) is 25.3. The first-order valence-electron chi connectivity index (χ1n) is 8.37. The van der Waals surface area contributed by atoms with Crippen LogP contribution in [-0.2, 0) is 15.1 Å². The number of alkyl halides is 3. The zero-order chi connectivity index (χ0) is 21.8. The fraction of sp³-hybridized carbons (Fsp3) is 0.263. The SMILES string of the molecule is CCOC(=O)[C@](O)(c1ccc(N(C)C(=O)Nc2cccc(Cl)c2)cc1)C(F)(F)F. The molecule has 0 bridgehead atoms. The number of hydrogen-bond donors (Lipinski definition) is 2. The Hall–Kier alpha value is -2.78. The van der Waals surface area contributed by atoms with E-state index in [9.17, 15) is 27.9 Å². The maximum Gasteiger partial charge on any atom is 0.432 e. The Labute approximate surface area is 169 Å². The van der Waals surface area contributed by atoms with Gasteiger partial charge in [-0.05, 0) is 37.3 Å². The van der Waals surface area contributed by atoms with Gasteiger partial charge in [-0.25, -0.2) is 9.59 Å². The van der Waals surface area contributed by atoms with Crippen molar-refractivity contribution < 1.29 is 32.6 Å². The van der Waals surface area contributed by atoms with E-state index in [-0.39, 0.29) is 12.3 Å². The molecule has 0 unspecified atom stereocenters. The number of rotatable bonds is 5. The fourth-order valence-corrected chi connectivity index (χ4v) is 2.64. The van der Waals surface area contributed by atoms with Crippen molar-refractivity contribution in [3.63, 3.8) is 0 Å². The van der Waals surface area contributed by atoms with E-state index in [1.165, 1.54) is 32.2 Å². The molecule has 0 fully saturated rings. The van der Waals surface area contributed by atoms with Crippen LogP contribution in [0, 0.1) is 0 Å². The lowest BCUT2D eigenvalue weighted by Gasteiger charge is -2.29. The molecule has 0 aliphatic carbocycles. The molecule has 2 N–H and O–H groups in total. The van der Waals surface area contributed by atoms with Gasteiger partial charge < -0.3 is 15.2 Å². The highest BCUT2D eigenvalue weighted by Crippen LogP contribution is 2.40. The number of benzene rings is 2. The molecule has 0 radical (unpaired) electrons. The van der Waals surface area contributed by atoms with E-state index >= 15 is 0 Å². The van der Waals surface area contributed by atoms with Gasteiger partial charge in [0.2, 0.25) is 0 Å². The van der Waals surface area contributed by atoms with Crippen molar-refractivity contribution in [2.45, 2.75) is 18.7 Å². The number of aliphatic hydroxyl groups is 1. The molecule has 0 saturated carbocycles. The number of esters is 1. The largest absolute Gasteiger partial charge is 0.463 e. The summed E-state index contributed by atoms with van der Waals surface area (Å²) in [6.07, 6.45) is -5.30. The van der Waals surface area contributed by atoms with E-state index in [0.29, 0.717) is 10.7 Å². The molecule has 2 aromatic carbocycles. The van der Waals surface area contributed by atoms with Crippen molar-refractivity contribution in [2.24, 2.45) is 0 Å². The molecule has 156 valence electrons. The molecule has 1 atom stereocenters. The third-order valence-corrected chi connectivity index (χ3v) is 4.27. The third kappa shape index (κ3) is 4.80. The quantitative estimate of drug-likeness (QED) is 0.692. The zero-order valence-electron chi connectivity index (χ0n) is 15.5. The second-order valence-electron chi connectivity index (χ2n) is 5.98. The van der Waals surface area contributed by atoms with E-state index in [0.717, 1.165) is 17.0 Å². The van der Waals surface area contributed by atoms with Gasteiger partial charge in [-0.15, -0.1) is 0 Å². The summed E-state index contributed by atoms with van der Waals surface area (Å²) in [5.41, 5.74) is -3.89. The Balaban J connectivity index is 2.25. The Morgan fingerprint density at radius 3 is 2.31 bits per heavy atom. The Morgan fingerprint density at radius 2 is 1.79 bits per heavy atom. The summed E-state index contributed by atoms with van der Waals surface area (Å²) in [5, 5.41) is 13.1. The van der Waals surface area contributed by atoms with Gasteiger partial charge in [0.1, 0.15) is 0 Å². The van der Waals surface area contributed by atoms with Crippen molar-refractivity contribution in [1.29, 1.82) is 0 Å². The first-order valence-corrected chi connectivity index (χ1v) is 8.75. The molecular formula is C19H18ClF3N2O4. The topological polar surface area (TPSA) is 78.9 Å². The van der Waals surface area contributed by atoms with Crippen molar-refractivity contribution >= 4 is 35.0 Å². The highest BCUT2D eigenvalue weighted by molar-refractivity contribution is 6.30. The van der Waals surface area contributed by atoms with E-state index in [4.69, 9.17) is 11.6 Å². The average Bonchev–Trinajstić information content (AvgIpc) is 2.66. The van der Waals surface area contributed by atoms with Gasteiger partial charge in [0.25, 0.3) is 5.60 Å². The Bertz CT molecular complexity index is 890. The van der Waals surface area contributed by atoms with E-state index in [1.807, 2.05) is 0 Å². The lowest BCUT2D eigenvalue weighted by Crippen LogP contribution is -2.50. The van der Waals surface area contributed by atoms with Crippen molar-refractivity contribution in [2.75, 3.05) is 23.9 Å². The molecule has 2 rings (SSSR count). The van der Waals surface area contributed by atoms with Gasteiger partial charge in [-0.3, -0.25) is 4.90 Å². The zero-order valence-corrected chi connectivity index (χ0v) is 16.2. The molecule has 2 amide bonds. The molecule has 2 aromatic rings. The van der Waals surface area contributed by atoms with Gasteiger partial charge >= 0.3 is 18.2 Å². The van der Waals surface area contributed by atoms with Gasteiger partial charge in [-0.2, -0.15) is 13.2 Å². The van der Waals surface area contributed by atoms with Crippen LogP contribution in [0.1, 0.15) is 12.5 Å². The minimum Gasteiger partial charge on any atom is -0.463 e. The number of carbonyl (C=O) groups is 2. The van der Waals surface area contributed by atoms with Crippen LogP contribution in [-0.4, -0.2) is 36.9 Å². The summed E-state index contributed by atoms with van der Waals surface area (Å²) < 4.78 is 44.6. The molecule has 0 saturated heterocycles. The number of nitrogens with one attached hydrogen (secondary N) is 1. The van der Waals surface area contributed by atoms with Crippen molar-refractivity contribution in [3.8, 4) is 0 Å². The van der Waals surface area contributed by atoms with Crippen LogP contribution in [0.2, 0.25) is 5.02 Å². The molecule has 6 nitrogen and oxygen atoms in total. The minimum atomic E-state index is -5.30. The summed E-state index contributed by atoms with van der Waals surface area (Å²) in [5.74, 6) is -1.83. The molecule has 10 heteroatoms.